The van der Waals surface area contributed by atoms with Gasteiger partial charge in [-0.25, -0.2) is 0 Å². The second-order valence-electron chi connectivity index (χ2n) is 2.37. The summed E-state index contributed by atoms with van der Waals surface area (Å²) in [7, 11) is 0. The molecule has 0 saturated heterocycles. The summed E-state index contributed by atoms with van der Waals surface area (Å²) in [6.07, 6.45) is 4.95. The average Bonchev–Trinajstić information content (AvgIpc) is 1.91. The first-order valence-electron chi connectivity index (χ1n) is 3.72. The topological polar surface area (TPSA) is 12.0 Å². The molecule has 2 heteroatoms. The minimum absolute atomic E-state index is 0.569. The van der Waals surface area contributed by atoms with Crippen LogP contribution in [0.1, 0.15) is 39.5 Å². The molecular formula is C7H16NS. The highest BCUT2D eigenvalue weighted by Crippen LogP contribution is 2.03. The molecular weight excluding hydrogens is 130 g/mol. The fourth-order valence-electron chi connectivity index (χ4n) is 0.797. The highest BCUT2D eigenvalue weighted by Gasteiger charge is 2.00. The molecule has 1 atom stereocenters. The highest BCUT2D eigenvalue weighted by molar-refractivity contribution is 7.78. The van der Waals surface area contributed by atoms with Gasteiger partial charge in [0.25, 0.3) is 0 Å². The lowest BCUT2D eigenvalue weighted by atomic mass is 10.1. The van der Waals surface area contributed by atoms with E-state index in [1.807, 2.05) is 0 Å². The van der Waals surface area contributed by atoms with Gasteiger partial charge in [0.15, 0.2) is 0 Å². The second-order valence-corrected chi connectivity index (χ2v) is 2.60. The zero-order valence-electron chi connectivity index (χ0n) is 6.31. The van der Waals surface area contributed by atoms with Crippen molar-refractivity contribution in [3.63, 3.8) is 0 Å². The molecule has 0 aliphatic carbocycles. The number of rotatable bonds is 5. The standard InChI is InChI=1S/C7H16NS/c1-3-5-6-7(4-2)8-9/h7-8H,3-6H2,1-2H3. The minimum atomic E-state index is 0.569. The molecule has 1 N–H and O–H groups in total. The van der Waals surface area contributed by atoms with Crippen LogP contribution in [0, 0.1) is 0 Å². The summed E-state index contributed by atoms with van der Waals surface area (Å²) in [5.41, 5.74) is 0. The van der Waals surface area contributed by atoms with Gasteiger partial charge in [-0.2, -0.15) is 0 Å². The molecule has 9 heavy (non-hydrogen) atoms. The lowest BCUT2D eigenvalue weighted by Crippen LogP contribution is -2.18. The van der Waals surface area contributed by atoms with Crippen LogP contribution in [0.15, 0.2) is 0 Å². The van der Waals surface area contributed by atoms with Crippen molar-refractivity contribution in [1.82, 2.24) is 4.72 Å². The van der Waals surface area contributed by atoms with Gasteiger partial charge in [0.05, 0.1) is 0 Å². The van der Waals surface area contributed by atoms with Gasteiger partial charge >= 0.3 is 0 Å². The molecule has 0 saturated carbocycles. The lowest BCUT2D eigenvalue weighted by Gasteiger charge is -2.09. The molecule has 0 heterocycles. The van der Waals surface area contributed by atoms with E-state index in [-0.39, 0.29) is 0 Å². The van der Waals surface area contributed by atoms with Gasteiger partial charge in [0.2, 0.25) is 0 Å². The Labute approximate surface area is 63.8 Å². The third kappa shape index (κ3) is 4.79. The average molecular weight is 146 g/mol. The van der Waals surface area contributed by atoms with E-state index in [1.165, 1.54) is 19.3 Å². The van der Waals surface area contributed by atoms with Gasteiger partial charge in [0.1, 0.15) is 0 Å². The van der Waals surface area contributed by atoms with Crippen LogP contribution < -0.4 is 4.72 Å². The summed E-state index contributed by atoms with van der Waals surface area (Å²) < 4.78 is 2.87. The van der Waals surface area contributed by atoms with Crippen molar-refractivity contribution in [2.45, 2.75) is 45.6 Å². The van der Waals surface area contributed by atoms with Gasteiger partial charge in [-0.3, -0.25) is 4.72 Å². The van der Waals surface area contributed by atoms with E-state index in [0.29, 0.717) is 6.04 Å². The summed E-state index contributed by atoms with van der Waals surface area (Å²) in [6, 6.07) is 0.569. The Hall–Kier alpha value is 0.310. The number of nitrogens with one attached hydrogen (secondary N) is 1. The van der Waals surface area contributed by atoms with E-state index < -0.39 is 0 Å². The van der Waals surface area contributed by atoms with Crippen molar-refractivity contribution in [2.75, 3.05) is 0 Å². The molecule has 0 aromatic rings. The Kier molecular flexibility index (Phi) is 6.65. The van der Waals surface area contributed by atoms with Crippen LogP contribution in [0.2, 0.25) is 0 Å². The predicted octanol–water partition coefficient (Wildman–Crippen LogP) is 2.66. The first-order chi connectivity index (χ1) is 4.35. The Morgan fingerprint density at radius 1 is 1.44 bits per heavy atom. The zero-order valence-corrected chi connectivity index (χ0v) is 7.13. The molecule has 0 aromatic heterocycles. The lowest BCUT2D eigenvalue weighted by molar-refractivity contribution is 0.536. The molecule has 0 rings (SSSR count). The Balaban J connectivity index is 3.09. The summed E-state index contributed by atoms with van der Waals surface area (Å²) in [6.45, 7) is 4.37. The summed E-state index contributed by atoms with van der Waals surface area (Å²) in [4.78, 5) is 0. The van der Waals surface area contributed by atoms with E-state index in [2.05, 4.69) is 18.6 Å². The van der Waals surface area contributed by atoms with Crippen LogP contribution in [0.25, 0.3) is 0 Å². The van der Waals surface area contributed by atoms with Crippen LogP contribution in [-0.4, -0.2) is 6.04 Å². The SMILES string of the molecule is CCCCC(CC)N[S]. The maximum absolute atomic E-state index is 4.74. The maximum Gasteiger partial charge on any atom is 0.0177 e. The van der Waals surface area contributed by atoms with Crippen molar-refractivity contribution in [3.05, 3.63) is 0 Å². The molecule has 0 aromatic carbocycles. The van der Waals surface area contributed by atoms with Crippen LogP contribution in [0.3, 0.4) is 0 Å². The predicted molar refractivity (Wildman–Crippen MR) is 44.3 cm³/mol. The van der Waals surface area contributed by atoms with Gasteiger partial charge in [0, 0.05) is 18.9 Å². The summed E-state index contributed by atoms with van der Waals surface area (Å²) in [5, 5.41) is 0. The Bertz CT molecular complexity index is 52.9. The molecule has 1 unspecified atom stereocenters. The molecule has 0 fully saturated rings. The highest BCUT2D eigenvalue weighted by atomic mass is 32.1. The first-order valence-corrected chi connectivity index (χ1v) is 4.13. The zero-order chi connectivity index (χ0) is 7.11. The minimum Gasteiger partial charge on any atom is -0.251 e. The van der Waals surface area contributed by atoms with Crippen molar-refractivity contribution in [2.24, 2.45) is 0 Å². The van der Waals surface area contributed by atoms with E-state index in [1.54, 1.807) is 0 Å². The molecule has 55 valence electrons. The van der Waals surface area contributed by atoms with Crippen LogP contribution in [-0.2, 0) is 0 Å². The normalized spacial score (nSPS) is 13.7. The van der Waals surface area contributed by atoms with Crippen molar-refractivity contribution >= 4 is 12.8 Å². The third-order valence-electron chi connectivity index (χ3n) is 1.57. The van der Waals surface area contributed by atoms with Crippen molar-refractivity contribution in [3.8, 4) is 0 Å². The largest absolute Gasteiger partial charge is 0.251 e. The van der Waals surface area contributed by atoms with E-state index in [0.717, 1.165) is 6.42 Å². The van der Waals surface area contributed by atoms with E-state index in [4.69, 9.17) is 12.8 Å². The number of hydrogen-bond donors (Lipinski definition) is 1. The number of hydrogen-bond acceptors (Lipinski definition) is 1. The van der Waals surface area contributed by atoms with Gasteiger partial charge in [-0.15, -0.1) is 0 Å². The molecule has 0 bridgehead atoms. The van der Waals surface area contributed by atoms with E-state index >= 15 is 0 Å². The maximum atomic E-state index is 4.74. The van der Waals surface area contributed by atoms with Crippen molar-refractivity contribution in [1.29, 1.82) is 0 Å². The third-order valence-corrected chi connectivity index (χ3v) is 1.90. The van der Waals surface area contributed by atoms with Crippen LogP contribution in [0.4, 0.5) is 0 Å². The Morgan fingerprint density at radius 3 is 2.44 bits per heavy atom. The van der Waals surface area contributed by atoms with Crippen LogP contribution in [0.5, 0.6) is 0 Å². The van der Waals surface area contributed by atoms with Crippen molar-refractivity contribution < 1.29 is 0 Å². The fraction of sp³-hybridized carbons (Fsp3) is 1.00. The Morgan fingerprint density at radius 2 is 2.11 bits per heavy atom. The van der Waals surface area contributed by atoms with Gasteiger partial charge in [-0.1, -0.05) is 26.7 Å². The van der Waals surface area contributed by atoms with Gasteiger partial charge in [-0.05, 0) is 12.8 Å². The molecule has 0 spiro atoms. The monoisotopic (exact) mass is 146 g/mol. The summed E-state index contributed by atoms with van der Waals surface area (Å²) in [5.74, 6) is 0. The molecule has 1 nitrogen and oxygen atoms in total. The second kappa shape index (κ2) is 6.43. The molecule has 0 amide bonds. The fourth-order valence-corrected chi connectivity index (χ4v) is 1.08. The van der Waals surface area contributed by atoms with Gasteiger partial charge < -0.3 is 0 Å². The smallest absolute Gasteiger partial charge is 0.0177 e. The molecule has 0 aliphatic heterocycles. The number of unbranched alkanes of at least 4 members (excludes halogenated alkanes) is 1. The molecule has 1 radical (unpaired) electrons. The first kappa shape index (κ1) is 9.31. The summed E-state index contributed by atoms with van der Waals surface area (Å²) >= 11 is 4.74. The van der Waals surface area contributed by atoms with E-state index in [9.17, 15) is 0 Å². The quantitative estimate of drug-likeness (QED) is 0.628. The molecule has 0 aliphatic rings. The van der Waals surface area contributed by atoms with Crippen LogP contribution >= 0.6 is 12.8 Å².